The van der Waals surface area contributed by atoms with E-state index in [0.717, 1.165) is 31.7 Å². The lowest BCUT2D eigenvalue weighted by Crippen LogP contribution is -2.47. The quantitative estimate of drug-likeness (QED) is 0.657. The van der Waals surface area contributed by atoms with Crippen LogP contribution in [0.15, 0.2) is 29.2 Å². The summed E-state index contributed by atoms with van der Waals surface area (Å²) in [5.74, 6) is 0.161. The number of rotatable bonds is 8. The van der Waals surface area contributed by atoms with E-state index >= 15 is 0 Å². The lowest BCUT2D eigenvalue weighted by Gasteiger charge is -2.28. The van der Waals surface area contributed by atoms with Gasteiger partial charge in [-0.1, -0.05) is 17.7 Å². The normalized spacial score (nSPS) is 15.0. The van der Waals surface area contributed by atoms with Crippen molar-refractivity contribution < 1.29 is 13.2 Å². The van der Waals surface area contributed by atoms with Crippen LogP contribution in [0, 0.1) is 6.92 Å². The fourth-order valence-corrected chi connectivity index (χ4v) is 3.66. The van der Waals surface area contributed by atoms with Gasteiger partial charge in [0.2, 0.25) is 15.9 Å². The SMILES string of the molecule is Cc1ccc(S(=O)(=O)NCCN(C)CCC(=O)N2CCNCC2)cc1.Cl. The molecule has 26 heavy (non-hydrogen) atoms. The van der Waals surface area contributed by atoms with Crippen molar-refractivity contribution in [2.75, 3.05) is 52.9 Å². The maximum atomic E-state index is 12.2. The van der Waals surface area contributed by atoms with Crippen LogP contribution >= 0.6 is 12.4 Å². The van der Waals surface area contributed by atoms with E-state index in [1.165, 1.54) is 0 Å². The van der Waals surface area contributed by atoms with Gasteiger partial charge in [0.25, 0.3) is 0 Å². The Morgan fingerprint density at radius 2 is 1.81 bits per heavy atom. The highest BCUT2D eigenvalue weighted by atomic mass is 35.5. The van der Waals surface area contributed by atoms with Crippen LogP contribution < -0.4 is 10.0 Å². The summed E-state index contributed by atoms with van der Waals surface area (Å²) in [6, 6.07) is 6.77. The van der Waals surface area contributed by atoms with Crippen molar-refractivity contribution in [3.05, 3.63) is 29.8 Å². The van der Waals surface area contributed by atoms with Gasteiger partial charge in [0, 0.05) is 52.2 Å². The van der Waals surface area contributed by atoms with E-state index in [0.29, 0.717) is 26.1 Å². The summed E-state index contributed by atoms with van der Waals surface area (Å²) in [7, 11) is -1.59. The van der Waals surface area contributed by atoms with Gasteiger partial charge in [0.1, 0.15) is 0 Å². The fourth-order valence-electron chi connectivity index (χ4n) is 2.64. The number of sulfonamides is 1. The van der Waals surface area contributed by atoms with Gasteiger partial charge in [0.15, 0.2) is 0 Å². The van der Waals surface area contributed by atoms with Gasteiger partial charge in [0.05, 0.1) is 4.90 Å². The van der Waals surface area contributed by atoms with Crippen LogP contribution in [-0.4, -0.2) is 77.0 Å². The number of halogens is 1. The van der Waals surface area contributed by atoms with E-state index in [2.05, 4.69) is 10.0 Å². The number of benzene rings is 1. The van der Waals surface area contributed by atoms with Crippen molar-refractivity contribution in [2.24, 2.45) is 0 Å². The van der Waals surface area contributed by atoms with E-state index in [1.54, 1.807) is 24.3 Å². The van der Waals surface area contributed by atoms with Gasteiger partial charge in [-0.15, -0.1) is 12.4 Å². The zero-order chi connectivity index (χ0) is 18.3. The number of nitrogens with one attached hydrogen (secondary N) is 2. The third kappa shape index (κ3) is 7.20. The molecule has 0 saturated carbocycles. The van der Waals surface area contributed by atoms with Crippen molar-refractivity contribution >= 4 is 28.3 Å². The molecule has 1 aromatic rings. The van der Waals surface area contributed by atoms with Crippen LogP contribution in [0.3, 0.4) is 0 Å². The molecule has 1 heterocycles. The highest BCUT2D eigenvalue weighted by molar-refractivity contribution is 7.89. The molecule has 2 rings (SSSR count). The molecular weight excluding hydrogens is 376 g/mol. The maximum absolute atomic E-state index is 12.2. The summed E-state index contributed by atoms with van der Waals surface area (Å²) >= 11 is 0. The van der Waals surface area contributed by atoms with E-state index in [1.807, 2.05) is 23.8 Å². The van der Waals surface area contributed by atoms with E-state index < -0.39 is 10.0 Å². The summed E-state index contributed by atoms with van der Waals surface area (Å²) < 4.78 is 27.0. The smallest absolute Gasteiger partial charge is 0.240 e. The Kier molecular flexibility index (Phi) is 9.52. The largest absolute Gasteiger partial charge is 0.340 e. The number of carbonyl (C=O) groups excluding carboxylic acids is 1. The number of nitrogens with zero attached hydrogens (tertiary/aromatic N) is 2. The maximum Gasteiger partial charge on any atom is 0.240 e. The van der Waals surface area contributed by atoms with Crippen molar-refractivity contribution in [3.8, 4) is 0 Å². The Balaban J connectivity index is 0.00000338. The van der Waals surface area contributed by atoms with Gasteiger partial charge >= 0.3 is 0 Å². The van der Waals surface area contributed by atoms with Crippen LogP contribution in [-0.2, 0) is 14.8 Å². The van der Waals surface area contributed by atoms with Crippen LogP contribution in [0.5, 0.6) is 0 Å². The topological polar surface area (TPSA) is 81.8 Å². The van der Waals surface area contributed by atoms with E-state index in [9.17, 15) is 13.2 Å². The molecule has 1 aliphatic heterocycles. The number of likely N-dealkylation sites (N-methyl/N-ethyl adjacent to an activating group) is 1. The Bertz CT molecular complexity index is 661. The predicted octanol–water partition coefficient (Wildman–Crippen LogP) is 0.449. The Hall–Kier alpha value is -1.19. The van der Waals surface area contributed by atoms with Crippen LogP contribution in [0.2, 0.25) is 0 Å². The highest BCUT2D eigenvalue weighted by Gasteiger charge is 2.17. The van der Waals surface area contributed by atoms with Crippen molar-refractivity contribution in [1.82, 2.24) is 19.8 Å². The average molecular weight is 405 g/mol. The van der Waals surface area contributed by atoms with Crippen molar-refractivity contribution in [2.45, 2.75) is 18.2 Å². The standard InChI is InChI=1S/C17H28N4O3S.ClH/c1-15-3-5-16(6-4-15)25(23,24)19-10-12-20(2)11-7-17(22)21-13-8-18-9-14-21;/h3-6,18-19H,7-14H2,1-2H3;1H. The minimum Gasteiger partial charge on any atom is -0.340 e. The molecule has 7 nitrogen and oxygen atoms in total. The number of carbonyl (C=O) groups is 1. The average Bonchev–Trinajstić information content (AvgIpc) is 2.60. The molecule has 0 aromatic heterocycles. The molecule has 9 heteroatoms. The molecule has 0 aliphatic carbocycles. The van der Waals surface area contributed by atoms with E-state index in [-0.39, 0.29) is 23.2 Å². The Morgan fingerprint density at radius 3 is 2.42 bits per heavy atom. The second-order valence-electron chi connectivity index (χ2n) is 6.39. The van der Waals surface area contributed by atoms with Crippen molar-refractivity contribution in [3.63, 3.8) is 0 Å². The summed E-state index contributed by atoms with van der Waals surface area (Å²) in [4.78, 5) is 16.2. The molecule has 0 radical (unpaired) electrons. The molecule has 148 valence electrons. The lowest BCUT2D eigenvalue weighted by atomic mass is 10.2. The zero-order valence-electron chi connectivity index (χ0n) is 15.4. The minimum atomic E-state index is -3.48. The third-order valence-corrected chi connectivity index (χ3v) is 5.77. The Labute approximate surface area is 162 Å². The number of hydrogen-bond acceptors (Lipinski definition) is 5. The number of aryl methyl sites for hydroxylation is 1. The second-order valence-corrected chi connectivity index (χ2v) is 8.16. The molecule has 1 aromatic carbocycles. The molecule has 2 N–H and O–H groups in total. The minimum absolute atomic E-state index is 0. The summed E-state index contributed by atoms with van der Waals surface area (Å²) in [6.07, 6.45) is 0.460. The second kappa shape index (κ2) is 10.8. The van der Waals surface area contributed by atoms with Gasteiger partial charge < -0.3 is 15.1 Å². The molecule has 1 amide bonds. The zero-order valence-corrected chi connectivity index (χ0v) is 17.0. The number of amides is 1. The number of piperazine rings is 1. The molecule has 0 unspecified atom stereocenters. The summed E-state index contributed by atoms with van der Waals surface area (Å²) in [6.45, 7) is 6.63. The molecule has 1 fully saturated rings. The van der Waals surface area contributed by atoms with Crippen LogP contribution in [0.4, 0.5) is 0 Å². The predicted molar refractivity (Wildman–Crippen MR) is 105 cm³/mol. The first-order chi connectivity index (χ1) is 11.9. The first-order valence-electron chi connectivity index (χ1n) is 8.62. The lowest BCUT2D eigenvalue weighted by molar-refractivity contribution is -0.132. The van der Waals surface area contributed by atoms with Crippen molar-refractivity contribution in [1.29, 1.82) is 0 Å². The van der Waals surface area contributed by atoms with Crippen LogP contribution in [0.25, 0.3) is 0 Å². The molecule has 0 bridgehead atoms. The van der Waals surface area contributed by atoms with Gasteiger partial charge in [-0.25, -0.2) is 13.1 Å². The summed E-state index contributed by atoms with van der Waals surface area (Å²) in [5.41, 5.74) is 1.02. The van der Waals surface area contributed by atoms with E-state index in [4.69, 9.17) is 0 Å². The highest BCUT2D eigenvalue weighted by Crippen LogP contribution is 2.09. The first kappa shape index (κ1) is 22.9. The molecule has 0 spiro atoms. The van der Waals surface area contributed by atoms with Gasteiger partial charge in [-0.3, -0.25) is 4.79 Å². The molecule has 0 atom stereocenters. The number of hydrogen-bond donors (Lipinski definition) is 2. The van der Waals surface area contributed by atoms with Gasteiger partial charge in [-0.05, 0) is 26.1 Å². The first-order valence-corrected chi connectivity index (χ1v) is 10.1. The molecule has 1 saturated heterocycles. The monoisotopic (exact) mass is 404 g/mol. The van der Waals surface area contributed by atoms with Crippen LogP contribution in [0.1, 0.15) is 12.0 Å². The van der Waals surface area contributed by atoms with Gasteiger partial charge in [-0.2, -0.15) is 0 Å². The Morgan fingerprint density at radius 1 is 1.19 bits per heavy atom. The fraction of sp³-hybridized carbons (Fsp3) is 0.588. The third-order valence-electron chi connectivity index (χ3n) is 4.29. The molecular formula is C17H29ClN4O3S. The summed E-state index contributed by atoms with van der Waals surface area (Å²) in [5, 5.41) is 3.22. The molecule has 1 aliphatic rings.